The zero-order chi connectivity index (χ0) is 21.8. The van der Waals surface area contributed by atoms with Crippen molar-refractivity contribution in [3.8, 4) is 0 Å². The monoisotopic (exact) mass is 476 g/mol. The van der Waals surface area contributed by atoms with Crippen molar-refractivity contribution in [1.29, 1.82) is 0 Å². The number of carbonyl (C=O) groups is 1. The number of hydrogen-bond donors (Lipinski definition) is 1. The fourth-order valence-electron chi connectivity index (χ4n) is 4.07. The third-order valence-electron chi connectivity index (χ3n) is 5.64. The van der Waals surface area contributed by atoms with E-state index in [-0.39, 0.29) is 5.91 Å². The van der Waals surface area contributed by atoms with Gasteiger partial charge in [0.05, 0.1) is 15.1 Å². The molecule has 1 atom stereocenters. The maximum absolute atomic E-state index is 12.2. The van der Waals surface area contributed by atoms with E-state index in [1.807, 2.05) is 31.2 Å². The maximum Gasteiger partial charge on any atom is 0.220 e. The number of benzene rings is 1. The minimum Gasteiger partial charge on any atom is -0.356 e. The fourth-order valence-corrected chi connectivity index (χ4v) is 5.36. The highest BCUT2D eigenvalue weighted by Gasteiger charge is 2.25. The second-order valence-corrected chi connectivity index (χ2v) is 9.83. The average molecular weight is 477 g/mol. The molecule has 1 amide bonds. The zero-order valence-corrected chi connectivity index (χ0v) is 19.9. The van der Waals surface area contributed by atoms with Gasteiger partial charge in [0, 0.05) is 37.7 Å². The molecule has 8 heteroatoms. The summed E-state index contributed by atoms with van der Waals surface area (Å²) in [5.74, 6) is 0.0749. The molecule has 1 aliphatic heterocycles. The van der Waals surface area contributed by atoms with Crippen molar-refractivity contribution in [3.63, 3.8) is 0 Å². The molecule has 0 radical (unpaired) electrons. The second kappa shape index (κ2) is 10.3. The van der Waals surface area contributed by atoms with Gasteiger partial charge in [-0.3, -0.25) is 9.69 Å². The molecule has 0 bridgehead atoms. The lowest BCUT2D eigenvalue weighted by Crippen LogP contribution is -2.30. The van der Waals surface area contributed by atoms with Crippen LogP contribution in [0.15, 0.2) is 30.3 Å². The van der Waals surface area contributed by atoms with E-state index in [1.54, 1.807) is 11.3 Å². The van der Waals surface area contributed by atoms with Crippen molar-refractivity contribution in [2.24, 2.45) is 0 Å². The number of carbonyl (C=O) groups excluding carboxylic acids is 1. The number of nitrogens with zero attached hydrogens (tertiary/aromatic N) is 3. The molecule has 1 aliphatic rings. The Balaban J connectivity index is 1.20. The van der Waals surface area contributed by atoms with Crippen LogP contribution in [-0.2, 0) is 11.2 Å². The van der Waals surface area contributed by atoms with Crippen LogP contribution in [0.25, 0.3) is 10.3 Å². The molecular weight excluding hydrogens is 451 g/mol. The van der Waals surface area contributed by atoms with Crippen LogP contribution in [0.4, 0.5) is 0 Å². The molecule has 4 rings (SSSR count). The molecule has 0 saturated carbocycles. The van der Waals surface area contributed by atoms with E-state index in [4.69, 9.17) is 23.2 Å². The lowest BCUT2D eigenvalue weighted by Gasteiger charge is -2.25. The normalized spacial score (nSPS) is 16.8. The molecule has 0 spiro atoms. The standard InChI is InChI=1S/C23H26Cl2N4OS/c1-15-5-8-19-23(27-15)31-22(28-19)10-9-21(30)26-11-3-13-29-12-2-4-20(29)16-6-7-17(24)18(25)14-16/h5-8,14,20H,2-4,9-13H2,1H3,(H,26,30). The lowest BCUT2D eigenvalue weighted by molar-refractivity contribution is -0.121. The topological polar surface area (TPSA) is 58.1 Å². The third-order valence-corrected chi connectivity index (χ3v) is 7.41. The molecule has 164 valence electrons. The Morgan fingerprint density at radius 1 is 1.23 bits per heavy atom. The molecular formula is C23H26Cl2N4OS. The summed E-state index contributed by atoms with van der Waals surface area (Å²) in [6.45, 7) is 4.68. The highest BCUT2D eigenvalue weighted by molar-refractivity contribution is 7.18. The van der Waals surface area contributed by atoms with E-state index in [0.29, 0.717) is 35.5 Å². The number of fused-ring (bicyclic) bond motifs is 1. The molecule has 31 heavy (non-hydrogen) atoms. The van der Waals surface area contributed by atoms with E-state index < -0.39 is 0 Å². The highest BCUT2D eigenvalue weighted by atomic mass is 35.5. The number of aromatic nitrogens is 2. The van der Waals surface area contributed by atoms with Gasteiger partial charge in [0.1, 0.15) is 10.3 Å². The van der Waals surface area contributed by atoms with Crippen LogP contribution < -0.4 is 5.32 Å². The Morgan fingerprint density at radius 3 is 2.94 bits per heavy atom. The number of likely N-dealkylation sites (tertiary alicyclic amines) is 1. The first-order valence-electron chi connectivity index (χ1n) is 10.7. The van der Waals surface area contributed by atoms with Gasteiger partial charge in [0.15, 0.2) is 0 Å². The van der Waals surface area contributed by atoms with Gasteiger partial charge in [0.25, 0.3) is 0 Å². The van der Waals surface area contributed by atoms with Gasteiger partial charge in [-0.1, -0.05) is 40.6 Å². The van der Waals surface area contributed by atoms with Gasteiger partial charge >= 0.3 is 0 Å². The second-order valence-electron chi connectivity index (χ2n) is 7.96. The Bertz CT molecular complexity index is 1070. The number of thiazole rings is 1. The predicted molar refractivity (Wildman–Crippen MR) is 128 cm³/mol. The van der Waals surface area contributed by atoms with E-state index >= 15 is 0 Å². The van der Waals surface area contributed by atoms with Crippen molar-refractivity contribution in [3.05, 3.63) is 56.6 Å². The highest BCUT2D eigenvalue weighted by Crippen LogP contribution is 2.34. The van der Waals surface area contributed by atoms with Gasteiger partial charge in [-0.25, -0.2) is 9.97 Å². The molecule has 1 fully saturated rings. The minimum atomic E-state index is 0.0749. The van der Waals surface area contributed by atoms with E-state index in [0.717, 1.165) is 47.0 Å². The van der Waals surface area contributed by atoms with Crippen molar-refractivity contribution in [1.82, 2.24) is 20.2 Å². The molecule has 1 N–H and O–H groups in total. The SMILES string of the molecule is Cc1ccc2nc(CCC(=O)NCCCN3CCCC3c3ccc(Cl)c(Cl)c3)sc2n1. The summed E-state index contributed by atoms with van der Waals surface area (Å²) >= 11 is 13.8. The molecule has 1 aromatic carbocycles. The minimum absolute atomic E-state index is 0.0749. The first kappa shape index (κ1) is 22.5. The summed E-state index contributed by atoms with van der Waals surface area (Å²) in [5, 5.41) is 5.21. The number of amides is 1. The Labute approximate surface area is 196 Å². The molecule has 5 nitrogen and oxygen atoms in total. The van der Waals surface area contributed by atoms with Crippen LogP contribution in [0.3, 0.4) is 0 Å². The lowest BCUT2D eigenvalue weighted by atomic mass is 10.0. The van der Waals surface area contributed by atoms with Crippen LogP contribution in [0.2, 0.25) is 10.0 Å². The number of pyridine rings is 1. The van der Waals surface area contributed by atoms with Gasteiger partial charge in [0.2, 0.25) is 5.91 Å². The molecule has 3 heterocycles. The molecule has 1 saturated heterocycles. The molecule has 0 aliphatic carbocycles. The Morgan fingerprint density at radius 2 is 2.10 bits per heavy atom. The Kier molecular flexibility index (Phi) is 7.43. The van der Waals surface area contributed by atoms with E-state index in [1.165, 1.54) is 12.0 Å². The quantitative estimate of drug-likeness (QED) is 0.430. The van der Waals surface area contributed by atoms with Crippen LogP contribution in [-0.4, -0.2) is 40.4 Å². The van der Waals surface area contributed by atoms with Crippen molar-refractivity contribution in [2.45, 2.75) is 45.1 Å². The van der Waals surface area contributed by atoms with Gasteiger partial charge in [-0.05, 0) is 62.6 Å². The molecule has 1 unspecified atom stereocenters. The summed E-state index contributed by atoms with van der Waals surface area (Å²) in [4.78, 5) is 24.7. The Hall–Kier alpha value is -1.73. The summed E-state index contributed by atoms with van der Waals surface area (Å²) in [6.07, 6.45) is 4.33. The predicted octanol–water partition coefficient (Wildman–Crippen LogP) is 5.58. The summed E-state index contributed by atoms with van der Waals surface area (Å²) in [7, 11) is 0. The number of nitrogens with one attached hydrogen (secondary N) is 1. The largest absolute Gasteiger partial charge is 0.356 e. The summed E-state index contributed by atoms with van der Waals surface area (Å²) in [6, 6.07) is 10.2. The van der Waals surface area contributed by atoms with Crippen molar-refractivity contribution >= 4 is 50.8 Å². The van der Waals surface area contributed by atoms with Gasteiger partial charge in [-0.2, -0.15) is 0 Å². The fraction of sp³-hybridized carbons (Fsp3) is 0.435. The summed E-state index contributed by atoms with van der Waals surface area (Å²) in [5.41, 5.74) is 3.12. The maximum atomic E-state index is 12.2. The molecule has 2 aromatic heterocycles. The van der Waals surface area contributed by atoms with Crippen LogP contribution in [0.1, 0.15) is 48.0 Å². The van der Waals surface area contributed by atoms with E-state index in [2.05, 4.69) is 26.3 Å². The smallest absolute Gasteiger partial charge is 0.220 e. The van der Waals surface area contributed by atoms with Crippen LogP contribution in [0.5, 0.6) is 0 Å². The van der Waals surface area contributed by atoms with Crippen molar-refractivity contribution in [2.75, 3.05) is 19.6 Å². The van der Waals surface area contributed by atoms with Crippen molar-refractivity contribution < 1.29 is 4.79 Å². The van der Waals surface area contributed by atoms with Crippen LogP contribution >= 0.6 is 34.5 Å². The number of halogens is 2. The number of aryl methyl sites for hydroxylation is 2. The first-order valence-corrected chi connectivity index (χ1v) is 12.3. The number of rotatable bonds is 8. The molecule has 3 aromatic rings. The van der Waals surface area contributed by atoms with Crippen LogP contribution in [0, 0.1) is 6.92 Å². The third kappa shape index (κ3) is 5.75. The number of hydrogen-bond acceptors (Lipinski definition) is 5. The summed E-state index contributed by atoms with van der Waals surface area (Å²) < 4.78 is 0. The van der Waals surface area contributed by atoms with Gasteiger partial charge in [-0.15, -0.1) is 0 Å². The van der Waals surface area contributed by atoms with Gasteiger partial charge < -0.3 is 5.32 Å². The first-order chi connectivity index (χ1) is 15.0. The zero-order valence-electron chi connectivity index (χ0n) is 17.5. The average Bonchev–Trinajstić information content (AvgIpc) is 3.38. The van der Waals surface area contributed by atoms with E-state index in [9.17, 15) is 4.79 Å².